The predicted octanol–water partition coefficient (Wildman–Crippen LogP) is 3.30. The summed E-state index contributed by atoms with van der Waals surface area (Å²) in [6.07, 6.45) is 0. The highest BCUT2D eigenvalue weighted by atomic mass is 19.1. The molecule has 0 saturated heterocycles. The zero-order valence-corrected chi connectivity index (χ0v) is 8.61. The van der Waals surface area contributed by atoms with Gasteiger partial charge in [-0.3, -0.25) is 0 Å². The van der Waals surface area contributed by atoms with Gasteiger partial charge in [0.2, 0.25) is 0 Å². The van der Waals surface area contributed by atoms with Crippen LogP contribution in [0.4, 0.5) is 10.1 Å². The first kappa shape index (κ1) is 10.0. The summed E-state index contributed by atoms with van der Waals surface area (Å²) in [6.45, 7) is 5.95. The summed E-state index contributed by atoms with van der Waals surface area (Å²) < 4.78 is 13.5. The molecule has 0 bridgehead atoms. The van der Waals surface area contributed by atoms with Gasteiger partial charge in [-0.05, 0) is 36.1 Å². The molecule has 1 N–H and O–H groups in total. The Morgan fingerprint density at radius 1 is 1.31 bits per heavy atom. The molecule has 0 saturated carbocycles. The van der Waals surface area contributed by atoms with E-state index in [0.717, 1.165) is 16.8 Å². The molecule has 1 aromatic carbocycles. The molecule has 1 aromatic rings. The Bertz CT molecular complexity index is 282. The van der Waals surface area contributed by atoms with Gasteiger partial charge in [0.15, 0.2) is 0 Å². The van der Waals surface area contributed by atoms with Crippen LogP contribution in [0.1, 0.15) is 30.9 Å². The summed E-state index contributed by atoms with van der Waals surface area (Å²) in [5, 5.41) is 2.93. The molecule has 0 aliphatic carbocycles. The van der Waals surface area contributed by atoms with Crippen LogP contribution in [-0.2, 0) is 0 Å². The SMILES string of the molecule is CNc1cc(C)c(C(C)C)c(F)c1. The maximum Gasteiger partial charge on any atom is 0.128 e. The lowest BCUT2D eigenvalue weighted by Crippen LogP contribution is -1.99. The van der Waals surface area contributed by atoms with E-state index in [1.54, 1.807) is 13.1 Å². The highest BCUT2D eigenvalue weighted by Gasteiger charge is 2.10. The number of hydrogen-bond donors (Lipinski definition) is 1. The average Bonchev–Trinajstić information content (AvgIpc) is 2.02. The van der Waals surface area contributed by atoms with Crippen LogP contribution in [0.2, 0.25) is 0 Å². The number of halogens is 1. The maximum atomic E-state index is 13.5. The molecule has 0 aliphatic heterocycles. The van der Waals surface area contributed by atoms with Crippen LogP contribution in [0.25, 0.3) is 0 Å². The first-order chi connectivity index (χ1) is 6.06. The summed E-state index contributed by atoms with van der Waals surface area (Å²) in [4.78, 5) is 0. The minimum atomic E-state index is -0.112. The summed E-state index contributed by atoms with van der Waals surface area (Å²) in [7, 11) is 1.79. The van der Waals surface area contributed by atoms with E-state index in [9.17, 15) is 4.39 Å². The summed E-state index contributed by atoms with van der Waals surface area (Å²) in [5.74, 6) is 0.130. The molecule has 0 unspecified atom stereocenters. The average molecular weight is 181 g/mol. The molecule has 0 heterocycles. The van der Waals surface area contributed by atoms with E-state index in [1.165, 1.54) is 0 Å². The van der Waals surface area contributed by atoms with Crippen molar-refractivity contribution < 1.29 is 4.39 Å². The van der Waals surface area contributed by atoms with E-state index in [4.69, 9.17) is 0 Å². The van der Waals surface area contributed by atoms with Crippen LogP contribution in [0, 0.1) is 12.7 Å². The van der Waals surface area contributed by atoms with E-state index >= 15 is 0 Å². The third-order valence-corrected chi connectivity index (χ3v) is 2.20. The maximum absolute atomic E-state index is 13.5. The third-order valence-electron chi connectivity index (χ3n) is 2.20. The lowest BCUT2D eigenvalue weighted by molar-refractivity contribution is 0.596. The molecule has 2 heteroatoms. The van der Waals surface area contributed by atoms with Gasteiger partial charge in [0.25, 0.3) is 0 Å². The zero-order chi connectivity index (χ0) is 10.0. The van der Waals surface area contributed by atoms with E-state index in [0.29, 0.717) is 0 Å². The molecular formula is C11H16FN. The molecule has 1 rings (SSSR count). The van der Waals surface area contributed by atoms with Gasteiger partial charge < -0.3 is 5.32 Å². The molecule has 0 fully saturated rings. The van der Waals surface area contributed by atoms with Crippen molar-refractivity contribution >= 4 is 5.69 Å². The predicted molar refractivity (Wildman–Crippen MR) is 54.8 cm³/mol. The minimum absolute atomic E-state index is 0.112. The smallest absolute Gasteiger partial charge is 0.128 e. The van der Waals surface area contributed by atoms with Crippen molar-refractivity contribution in [3.63, 3.8) is 0 Å². The number of hydrogen-bond acceptors (Lipinski definition) is 1. The molecule has 0 amide bonds. The van der Waals surface area contributed by atoms with Crippen LogP contribution in [0.3, 0.4) is 0 Å². The summed E-state index contributed by atoms with van der Waals surface area (Å²) in [5.41, 5.74) is 2.66. The molecule has 72 valence electrons. The van der Waals surface area contributed by atoms with Gasteiger partial charge in [0.1, 0.15) is 5.82 Å². The fourth-order valence-corrected chi connectivity index (χ4v) is 1.63. The molecule has 1 nitrogen and oxygen atoms in total. The van der Waals surface area contributed by atoms with Gasteiger partial charge in [-0.2, -0.15) is 0 Å². The number of nitrogens with one attached hydrogen (secondary N) is 1. The first-order valence-electron chi connectivity index (χ1n) is 4.54. The highest BCUT2D eigenvalue weighted by molar-refractivity contribution is 5.49. The Kier molecular flexibility index (Phi) is 2.91. The Labute approximate surface area is 79.0 Å². The van der Waals surface area contributed by atoms with Crippen molar-refractivity contribution in [2.75, 3.05) is 12.4 Å². The zero-order valence-electron chi connectivity index (χ0n) is 8.61. The molecule has 0 radical (unpaired) electrons. The lowest BCUT2D eigenvalue weighted by Gasteiger charge is -2.12. The standard InChI is InChI=1S/C11H16FN/c1-7(2)11-8(3)5-9(13-4)6-10(11)12/h5-7,13H,1-4H3. The molecular weight excluding hydrogens is 165 g/mol. The topological polar surface area (TPSA) is 12.0 Å². The van der Waals surface area contributed by atoms with Crippen LogP contribution >= 0.6 is 0 Å². The molecule has 0 spiro atoms. The number of rotatable bonds is 2. The molecule has 0 aromatic heterocycles. The normalized spacial score (nSPS) is 10.6. The summed E-state index contributed by atoms with van der Waals surface area (Å²) in [6, 6.07) is 3.51. The van der Waals surface area contributed by atoms with E-state index in [-0.39, 0.29) is 11.7 Å². The fraction of sp³-hybridized carbons (Fsp3) is 0.455. The minimum Gasteiger partial charge on any atom is -0.388 e. The van der Waals surface area contributed by atoms with Crippen LogP contribution in [-0.4, -0.2) is 7.05 Å². The second-order valence-corrected chi connectivity index (χ2v) is 3.59. The summed E-state index contributed by atoms with van der Waals surface area (Å²) >= 11 is 0. The lowest BCUT2D eigenvalue weighted by atomic mass is 9.97. The molecule has 0 atom stereocenters. The van der Waals surface area contributed by atoms with Gasteiger partial charge in [-0.15, -0.1) is 0 Å². The fourth-order valence-electron chi connectivity index (χ4n) is 1.63. The number of benzene rings is 1. The largest absolute Gasteiger partial charge is 0.388 e. The number of anilines is 1. The second-order valence-electron chi connectivity index (χ2n) is 3.59. The van der Waals surface area contributed by atoms with E-state index in [1.807, 2.05) is 26.8 Å². The van der Waals surface area contributed by atoms with Crippen molar-refractivity contribution in [2.45, 2.75) is 26.7 Å². The van der Waals surface area contributed by atoms with Crippen molar-refractivity contribution in [3.8, 4) is 0 Å². The van der Waals surface area contributed by atoms with Crippen molar-refractivity contribution in [1.82, 2.24) is 0 Å². The van der Waals surface area contributed by atoms with Crippen LogP contribution in [0.5, 0.6) is 0 Å². The van der Waals surface area contributed by atoms with Gasteiger partial charge in [-0.25, -0.2) is 4.39 Å². The number of aryl methyl sites for hydroxylation is 1. The van der Waals surface area contributed by atoms with Gasteiger partial charge in [0.05, 0.1) is 0 Å². The molecule has 13 heavy (non-hydrogen) atoms. The Morgan fingerprint density at radius 3 is 2.31 bits per heavy atom. The van der Waals surface area contributed by atoms with Gasteiger partial charge in [-0.1, -0.05) is 13.8 Å². The Hall–Kier alpha value is -1.05. The van der Waals surface area contributed by atoms with Crippen molar-refractivity contribution in [1.29, 1.82) is 0 Å². The Balaban J connectivity index is 3.23. The van der Waals surface area contributed by atoms with E-state index in [2.05, 4.69) is 5.32 Å². The van der Waals surface area contributed by atoms with Crippen molar-refractivity contribution in [3.05, 3.63) is 29.1 Å². The third kappa shape index (κ3) is 2.00. The van der Waals surface area contributed by atoms with E-state index < -0.39 is 0 Å². The monoisotopic (exact) mass is 181 g/mol. The first-order valence-corrected chi connectivity index (χ1v) is 4.54. The Morgan fingerprint density at radius 2 is 1.92 bits per heavy atom. The quantitative estimate of drug-likeness (QED) is 0.738. The molecule has 0 aliphatic rings. The van der Waals surface area contributed by atoms with Crippen LogP contribution < -0.4 is 5.32 Å². The van der Waals surface area contributed by atoms with Crippen molar-refractivity contribution in [2.24, 2.45) is 0 Å². The van der Waals surface area contributed by atoms with Crippen LogP contribution in [0.15, 0.2) is 12.1 Å². The highest BCUT2D eigenvalue weighted by Crippen LogP contribution is 2.25. The second kappa shape index (κ2) is 3.77. The van der Waals surface area contributed by atoms with Gasteiger partial charge >= 0.3 is 0 Å². The van der Waals surface area contributed by atoms with Gasteiger partial charge in [0, 0.05) is 12.7 Å².